The highest BCUT2D eigenvalue weighted by Crippen LogP contribution is 2.26. The van der Waals surface area contributed by atoms with Gasteiger partial charge in [0.15, 0.2) is 0 Å². The van der Waals surface area contributed by atoms with E-state index in [1.54, 1.807) is 32.0 Å². The molecule has 0 unspecified atom stereocenters. The number of hydrogen-bond acceptors (Lipinski definition) is 8. The molecule has 196 valence electrons. The standard InChI is InChI=1S/C26H31N5O2S.2H2O.H2/c1-17(2)34-22-11-9-20(10-12-22)23-16-30-18(3)24(31-23)26(28)33-25(27)21-7-5-19(6-8-21)15-29-13-14-32-4;;;/h5-12,16-17,27-29H,13-15H2,1-4H3;2*1H2;1H. The molecule has 0 atom stereocenters. The van der Waals surface area contributed by atoms with Crippen molar-refractivity contribution in [3.8, 4) is 11.3 Å². The van der Waals surface area contributed by atoms with Gasteiger partial charge in [-0.2, -0.15) is 0 Å². The molecule has 0 aliphatic carbocycles. The molecular formula is C26H37N5O4S. The molecule has 36 heavy (non-hydrogen) atoms. The van der Waals surface area contributed by atoms with Gasteiger partial charge in [0, 0.05) is 42.9 Å². The van der Waals surface area contributed by atoms with Gasteiger partial charge in [-0.15, -0.1) is 11.8 Å². The van der Waals surface area contributed by atoms with Gasteiger partial charge in [0.2, 0.25) is 11.8 Å². The first-order chi connectivity index (χ1) is 16.4. The minimum atomic E-state index is -0.200. The van der Waals surface area contributed by atoms with E-state index in [9.17, 15) is 0 Å². The quantitative estimate of drug-likeness (QED) is 0.161. The van der Waals surface area contributed by atoms with Gasteiger partial charge < -0.3 is 25.7 Å². The van der Waals surface area contributed by atoms with Crippen LogP contribution in [-0.4, -0.2) is 58.2 Å². The van der Waals surface area contributed by atoms with Crippen LogP contribution in [0.2, 0.25) is 0 Å². The van der Waals surface area contributed by atoms with Crippen molar-refractivity contribution < 1.29 is 21.9 Å². The second-order valence-electron chi connectivity index (χ2n) is 8.01. The third kappa shape index (κ3) is 8.81. The number of rotatable bonds is 10. The SMILES string of the molecule is COCCNCc1ccc(C(=N)OC(=N)c2nc(-c3ccc(SC(C)C)cc3)cnc2C)cc1.O.O.[HH]. The summed E-state index contributed by atoms with van der Waals surface area (Å²) in [6.07, 6.45) is 1.70. The molecule has 9 nitrogen and oxygen atoms in total. The zero-order valence-corrected chi connectivity index (χ0v) is 21.8. The number of methoxy groups -OCH3 is 1. The summed E-state index contributed by atoms with van der Waals surface area (Å²) in [5.74, 6) is -0.306. The van der Waals surface area contributed by atoms with Crippen LogP contribution in [0.25, 0.3) is 11.3 Å². The highest BCUT2D eigenvalue weighted by Gasteiger charge is 2.15. The van der Waals surface area contributed by atoms with Crippen LogP contribution in [0.5, 0.6) is 0 Å². The van der Waals surface area contributed by atoms with Crippen LogP contribution in [0, 0.1) is 17.7 Å². The van der Waals surface area contributed by atoms with Gasteiger partial charge in [0.05, 0.1) is 24.2 Å². The van der Waals surface area contributed by atoms with E-state index >= 15 is 0 Å². The Morgan fingerprint density at radius 3 is 2.31 bits per heavy atom. The second-order valence-corrected chi connectivity index (χ2v) is 9.66. The molecule has 7 N–H and O–H groups in total. The molecule has 10 heteroatoms. The smallest absolute Gasteiger partial charge is 0.241 e. The second kappa shape index (κ2) is 15.1. The highest BCUT2D eigenvalue weighted by atomic mass is 32.2. The molecule has 1 heterocycles. The summed E-state index contributed by atoms with van der Waals surface area (Å²) in [7, 11) is 1.67. The van der Waals surface area contributed by atoms with Gasteiger partial charge in [0.25, 0.3) is 0 Å². The van der Waals surface area contributed by atoms with Gasteiger partial charge in [-0.3, -0.25) is 15.8 Å². The molecule has 2 aromatic carbocycles. The summed E-state index contributed by atoms with van der Waals surface area (Å²) in [6, 6.07) is 15.6. The normalized spacial score (nSPS) is 10.4. The average molecular weight is 516 g/mol. The van der Waals surface area contributed by atoms with Crippen LogP contribution in [0.3, 0.4) is 0 Å². The van der Waals surface area contributed by atoms with Crippen LogP contribution in [0.15, 0.2) is 59.6 Å². The molecule has 0 saturated heterocycles. The molecule has 0 aliphatic heterocycles. The Kier molecular flexibility index (Phi) is 12.9. The maximum Gasteiger partial charge on any atom is 0.241 e. The molecule has 1 aromatic heterocycles. The van der Waals surface area contributed by atoms with Crippen molar-refractivity contribution >= 4 is 23.6 Å². The molecule has 0 radical (unpaired) electrons. The van der Waals surface area contributed by atoms with Gasteiger partial charge >= 0.3 is 0 Å². The van der Waals surface area contributed by atoms with Crippen LogP contribution in [0.1, 0.15) is 37.8 Å². The molecule has 0 bridgehead atoms. The van der Waals surface area contributed by atoms with Crippen molar-refractivity contribution in [1.82, 2.24) is 15.3 Å². The lowest BCUT2D eigenvalue weighted by Gasteiger charge is -2.12. The largest absolute Gasteiger partial charge is 0.419 e. The predicted molar refractivity (Wildman–Crippen MR) is 147 cm³/mol. The summed E-state index contributed by atoms with van der Waals surface area (Å²) in [6.45, 7) is 8.25. The van der Waals surface area contributed by atoms with Crippen molar-refractivity contribution in [2.75, 3.05) is 20.3 Å². The fourth-order valence-corrected chi connectivity index (χ4v) is 4.01. The Bertz CT molecular complexity index is 1130. The Morgan fingerprint density at radius 1 is 1.03 bits per heavy atom. The molecule has 0 amide bonds. The monoisotopic (exact) mass is 515 g/mol. The molecule has 0 saturated carbocycles. The maximum atomic E-state index is 8.40. The summed E-state index contributed by atoms with van der Waals surface area (Å²) >= 11 is 1.80. The summed E-state index contributed by atoms with van der Waals surface area (Å²) in [5, 5.41) is 20.5. The number of aromatic nitrogens is 2. The number of aryl methyl sites for hydroxylation is 1. The van der Waals surface area contributed by atoms with E-state index in [1.165, 1.54) is 4.90 Å². The van der Waals surface area contributed by atoms with Crippen molar-refractivity contribution in [2.45, 2.75) is 37.5 Å². The van der Waals surface area contributed by atoms with Crippen LogP contribution >= 0.6 is 11.8 Å². The maximum absolute atomic E-state index is 8.40. The van der Waals surface area contributed by atoms with E-state index in [2.05, 4.69) is 41.3 Å². The van der Waals surface area contributed by atoms with Gasteiger partial charge in [-0.1, -0.05) is 38.1 Å². The number of nitrogens with one attached hydrogen (secondary N) is 3. The van der Waals surface area contributed by atoms with Crippen molar-refractivity contribution in [2.24, 2.45) is 0 Å². The predicted octanol–water partition coefficient (Wildman–Crippen LogP) is 3.65. The Labute approximate surface area is 217 Å². The lowest BCUT2D eigenvalue weighted by atomic mass is 10.1. The number of nitrogens with zero attached hydrogens (tertiary/aromatic N) is 2. The Morgan fingerprint density at radius 2 is 1.69 bits per heavy atom. The molecule has 0 spiro atoms. The molecule has 3 aromatic rings. The van der Waals surface area contributed by atoms with Gasteiger partial charge in [-0.05, 0) is 36.8 Å². The third-order valence-corrected chi connectivity index (χ3v) is 5.94. The van der Waals surface area contributed by atoms with E-state index in [4.69, 9.17) is 20.3 Å². The fraction of sp³-hybridized carbons (Fsp3) is 0.308. The first kappa shape index (κ1) is 30.9. The van der Waals surface area contributed by atoms with Crippen LogP contribution in [0.4, 0.5) is 0 Å². The number of hydrogen-bond donors (Lipinski definition) is 3. The summed E-state index contributed by atoms with van der Waals surface area (Å²) in [5.41, 5.74) is 4.15. The van der Waals surface area contributed by atoms with Crippen LogP contribution in [-0.2, 0) is 16.0 Å². The minimum Gasteiger partial charge on any atom is -0.419 e. The molecular weight excluding hydrogens is 478 g/mol. The zero-order valence-electron chi connectivity index (χ0n) is 21.0. The highest BCUT2D eigenvalue weighted by molar-refractivity contribution is 7.99. The van der Waals surface area contributed by atoms with Crippen molar-refractivity contribution in [3.63, 3.8) is 0 Å². The minimum absolute atomic E-state index is 0. The first-order valence-electron chi connectivity index (χ1n) is 11.1. The molecule has 3 rings (SSSR count). The summed E-state index contributed by atoms with van der Waals surface area (Å²) < 4.78 is 10.6. The fourth-order valence-electron chi connectivity index (χ4n) is 3.17. The number of benzene rings is 2. The van der Waals surface area contributed by atoms with E-state index in [1.807, 2.05) is 36.4 Å². The summed E-state index contributed by atoms with van der Waals surface area (Å²) in [4.78, 5) is 10.2. The average Bonchev–Trinajstić information content (AvgIpc) is 2.82. The molecule has 0 aliphatic rings. The van der Waals surface area contributed by atoms with E-state index in [-0.39, 0.29) is 24.2 Å². The van der Waals surface area contributed by atoms with E-state index in [0.29, 0.717) is 41.0 Å². The van der Waals surface area contributed by atoms with Gasteiger partial charge in [0.1, 0.15) is 5.69 Å². The van der Waals surface area contributed by atoms with E-state index < -0.39 is 0 Å². The third-order valence-electron chi connectivity index (χ3n) is 4.92. The number of thioether (sulfide) groups is 1. The van der Waals surface area contributed by atoms with Gasteiger partial charge in [-0.25, -0.2) is 4.98 Å². The van der Waals surface area contributed by atoms with E-state index in [0.717, 1.165) is 17.7 Å². The van der Waals surface area contributed by atoms with Crippen molar-refractivity contribution in [1.29, 1.82) is 10.8 Å². The van der Waals surface area contributed by atoms with Crippen LogP contribution < -0.4 is 5.32 Å². The Balaban J connectivity index is 0.00000432. The lowest BCUT2D eigenvalue weighted by Crippen LogP contribution is -2.19. The lowest BCUT2D eigenvalue weighted by molar-refractivity contribution is 0.199. The Hall–Kier alpha value is -3.15. The zero-order chi connectivity index (χ0) is 24.5. The first-order valence-corrected chi connectivity index (χ1v) is 12.0. The number of ether oxygens (including phenoxy) is 2. The molecule has 0 fully saturated rings. The van der Waals surface area contributed by atoms with Crippen molar-refractivity contribution in [3.05, 3.63) is 77.2 Å². The topological polar surface area (TPSA) is 167 Å².